The van der Waals surface area contributed by atoms with Crippen LogP contribution in [0.15, 0.2) is 12.1 Å². The SMILES string of the molecule is NNC(=O)C(N)CSCCOc1cc(C(N)=O)c(OCCSCC(N)C(=O)NN)cc1C(N)=O. The Labute approximate surface area is 204 Å². The van der Waals surface area contributed by atoms with E-state index in [4.69, 9.17) is 44.1 Å². The van der Waals surface area contributed by atoms with Crippen molar-refractivity contribution in [1.29, 1.82) is 0 Å². The van der Waals surface area contributed by atoms with Crippen molar-refractivity contribution >= 4 is 47.2 Å². The van der Waals surface area contributed by atoms with Crippen LogP contribution in [0.3, 0.4) is 0 Å². The summed E-state index contributed by atoms with van der Waals surface area (Å²) in [5.41, 5.74) is 26.1. The minimum absolute atomic E-state index is 0.00139. The Kier molecular flexibility index (Phi) is 13.1. The van der Waals surface area contributed by atoms with Crippen molar-refractivity contribution < 1.29 is 28.7 Å². The van der Waals surface area contributed by atoms with Gasteiger partial charge in [-0.15, -0.1) is 0 Å². The molecule has 0 saturated carbocycles. The molecular formula is C18H30N8O6S2. The molecule has 0 bridgehead atoms. The van der Waals surface area contributed by atoms with Gasteiger partial charge in [-0.3, -0.25) is 30.0 Å². The van der Waals surface area contributed by atoms with Gasteiger partial charge in [0.05, 0.1) is 36.4 Å². The summed E-state index contributed by atoms with van der Waals surface area (Å²) in [7, 11) is 0. The van der Waals surface area contributed by atoms with Crippen LogP contribution in [-0.2, 0) is 9.59 Å². The average molecular weight is 519 g/mol. The first-order valence-electron chi connectivity index (χ1n) is 9.83. The molecule has 0 saturated heterocycles. The van der Waals surface area contributed by atoms with Gasteiger partial charge in [-0.25, -0.2) is 11.7 Å². The standard InChI is InChI=1S/C18H30N8O6S2/c19-11(17(29)25-23)7-33-3-1-31-13-5-10(16(22)28)14(6-9(13)15(21)27)32-2-4-34-8-12(20)18(30)26-24/h5-6,11-12H,1-4,7-8,19-20,23-24H2,(H2,21,27)(H2,22,28)(H,25,29)(H,26,30). The Morgan fingerprint density at radius 2 is 1.12 bits per heavy atom. The van der Waals surface area contributed by atoms with Crippen molar-refractivity contribution in [3.8, 4) is 11.5 Å². The van der Waals surface area contributed by atoms with E-state index in [-0.39, 0.29) is 35.8 Å². The van der Waals surface area contributed by atoms with E-state index in [9.17, 15) is 19.2 Å². The number of carbonyl (C=O) groups is 4. The molecule has 1 aromatic carbocycles. The van der Waals surface area contributed by atoms with Crippen LogP contribution in [0.5, 0.6) is 11.5 Å². The number of hydrogen-bond donors (Lipinski definition) is 8. The summed E-state index contributed by atoms with van der Waals surface area (Å²) in [4.78, 5) is 46.4. The number of primary amides is 2. The van der Waals surface area contributed by atoms with Crippen molar-refractivity contribution in [2.75, 3.05) is 36.2 Å². The van der Waals surface area contributed by atoms with Crippen LogP contribution in [-0.4, -0.2) is 71.9 Å². The molecule has 0 aliphatic carbocycles. The number of rotatable bonds is 16. The lowest BCUT2D eigenvalue weighted by Gasteiger charge is -2.16. The van der Waals surface area contributed by atoms with E-state index in [0.29, 0.717) is 23.0 Å². The molecule has 0 aliphatic rings. The van der Waals surface area contributed by atoms with Gasteiger partial charge in [0.2, 0.25) is 0 Å². The summed E-state index contributed by atoms with van der Waals surface area (Å²) in [6.45, 7) is 0.265. The average Bonchev–Trinajstić information content (AvgIpc) is 2.81. The summed E-state index contributed by atoms with van der Waals surface area (Å²) in [6, 6.07) is 1.01. The van der Waals surface area contributed by atoms with Gasteiger partial charge in [0.25, 0.3) is 23.6 Å². The highest BCUT2D eigenvalue weighted by Crippen LogP contribution is 2.29. The molecule has 0 aromatic heterocycles. The van der Waals surface area contributed by atoms with Crippen molar-refractivity contribution in [2.45, 2.75) is 12.1 Å². The van der Waals surface area contributed by atoms with Crippen molar-refractivity contribution in [1.82, 2.24) is 10.9 Å². The van der Waals surface area contributed by atoms with Gasteiger partial charge < -0.3 is 32.4 Å². The maximum Gasteiger partial charge on any atom is 0.252 e. The topological polar surface area (TPSA) is 267 Å². The summed E-state index contributed by atoms with van der Waals surface area (Å²) < 4.78 is 11.2. The van der Waals surface area contributed by atoms with Gasteiger partial charge in [-0.1, -0.05) is 0 Å². The Balaban J connectivity index is 2.74. The molecule has 16 heteroatoms. The van der Waals surface area contributed by atoms with E-state index < -0.39 is 35.7 Å². The maximum absolute atomic E-state index is 11.9. The molecule has 1 aromatic rings. The zero-order valence-corrected chi connectivity index (χ0v) is 19.9. The predicted molar refractivity (Wildman–Crippen MR) is 130 cm³/mol. The molecule has 0 fully saturated rings. The Morgan fingerprint density at radius 1 is 0.765 bits per heavy atom. The molecule has 1 rings (SSSR count). The van der Waals surface area contributed by atoms with E-state index in [0.717, 1.165) is 0 Å². The fourth-order valence-corrected chi connectivity index (χ4v) is 3.94. The largest absolute Gasteiger partial charge is 0.492 e. The second-order valence-corrected chi connectivity index (χ2v) is 8.95. The maximum atomic E-state index is 11.9. The third-order valence-electron chi connectivity index (χ3n) is 4.14. The number of nitrogens with one attached hydrogen (secondary N) is 2. The molecule has 34 heavy (non-hydrogen) atoms. The lowest BCUT2D eigenvalue weighted by Crippen LogP contribution is -2.45. The number of amides is 4. The lowest BCUT2D eigenvalue weighted by atomic mass is 10.1. The Hall–Kier alpha value is -2.76. The quantitative estimate of drug-likeness (QED) is 0.0464. The van der Waals surface area contributed by atoms with Gasteiger partial charge >= 0.3 is 0 Å². The van der Waals surface area contributed by atoms with Crippen LogP contribution in [0, 0.1) is 0 Å². The monoisotopic (exact) mass is 518 g/mol. The number of hydrazine groups is 2. The van der Waals surface area contributed by atoms with Crippen LogP contribution >= 0.6 is 23.5 Å². The van der Waals surface area contributed by atoms with E-state index in [1.165, 1.54) is 35.7 Å². The highest BCUT2D eigenvalue weighted by atomic mass is 32.2. The third kappa shape index (κ3) is 9.62. The Bertz CT molecular complexity index is 805. The second kappa shape index (κ2) is 15.2. The highest BCUT2D eigenvalue weighted by molar-refractivity contribution is 7.99. The molecule has 0 spiro atoms. The molecule has 0 heterocycles. The first kappa shape index (κ1) is 29.3. The first-order chi connectivity index (χ1) is 16.1. The zero-order valence-electron chi connectivity index (χ0n) is 18.3. The number of hydrogen-bond acceptors (Lipinski definition) is 12. The number of benzene rings is 1. The van der Waals surface area contributed by atoms with E-state index in [1.54, 1.807) is 0 Å². The fourth-order valence-electron chi connectivity index (χ4n) is 2.39. The molecular weight excluding hydrogens is 488 g/mol. The molecule has 190 valence electrons. The van der Waals surface area contributed by atoms with E-state index >= 15 is 0 Å². The normalized spacial score (nSPS) is 12.4. The number of thioether (sulfide) groups is 2. The van der Waals surface area contributed by atoms with E-state index in [1.807, 2.05) is 10.9 Å². The molecule has 0 radical (unpaired) electrons. The number of ether oxygens (including phenoxy) is 2. The molecule has 0 aliphatic heterocycles. The predicted octanol–water partition coefficient (Wildman–Crippen LogP) is -3.26. The van der Waals surface area contributed by atoms with Gasteiger partial charge in [-0.05, 0) is 12.1 Å². The van der Waals surface area contributed by atoms with Crippen LogP contribution in [0.25, 0.3) is 0 Å². The van der Waals surface area contributed by atoms with Gasteiger partial charge in [0.15, 0.2) is 0 Å². The lowest BCUT2D eigenvalue weighted by molar-refractivity contribution is -0.122. The summed E-state index contributed by atoms with van der Waals surface area (Å²) in [5.74, 6) is 9.04. The molecule has 2 atom stereocenters. The molecule has 2 unspecified atom stereocenters. The summed E-state index contributed by atoms with van der Waals surface area (Å²) in [5, 5.41) is 0. The molecule has 4 amide bonds. The minimum atomic E-state index is -0.793. The molecule has 14 N–H and O–H groups in total. The van der Waals surface area contributed by atoms with Gasteiger partial charge in [-0.2, -0.15) is 23.5 Å². The van der Waals surface area contributed by atoms with Gasteiger partial charge in [0.1, 0.15) is 11.5 Å². The van der Waals surface area contributed by atoms with Crippen LogP contribution in [0.2, 0.25) is 0 Å². The first-order valence-corrected chi connectivity index (χ1v) is 12.1. The Morgan fingerprint density at radius 3 is 1.41 bits per heavy atom. The fraction of sp³-hybridized carbons (Fsp3) is 0.444. The van der Waals surface area contributed by atoms with E-state index in [2.05, 4.69) is 0 Å². The van der Waals surface area contributed by atoms with Crippen molar-refractivity contribution in [2.24, 2.45) is 34.6 Å². The van der Waals surface area contributed by atoms with Gasteiger partial charge in [0, 0.05) is 23.0 Å². The van der Waals surface area contributed by atoms with Crippen molar-refractivity contribution in [3.05, 3.63) is 23.3 Å². The second-order valence-electron chi connectivity index (χ2n) is 6.65. The van der Waals surface area contributed by atoms with Crippen LogP contribution in [0.1, 0.15) is 20.7 Å². The summed E-state index contributed by atoms with van der Waals surface area (Å²) in [6.07, 6.45) is 0. The minimum Gasteiger partial charge on any atom is -0.492 e. The number of carbonyl (C=O) groups excluding carboxylic acids is 4. The van der Waals surface area contributed by atoms with Crippen LogP contribution < -0.4 is 54.9 Å². The molecule has 14 nitrogen and oxygen atoms in total. The van der Waals surface area contributed by atoms with Crippen LogP contribution in [0.4, 0.5) is 0 Å². The summed E-state index contributed by atoms with van der Waals surface area (Å²) >= 11 is 2.66. The third-order valence-corrected chi connectivity index (χ3v) is 6.24. The van der Waals surface area contributed by atoms with Crippen molar-refractivity contribution in [3.63, 3.8) is 0 Å². The highest BCUT2D eigenvalue weighted by Gasteiger charge is 2.19. The smallest absolute Gasteiger partial charge is 0.252 e. The zero-order chi connectivity index (χ0) is 25.7. The number of nitrogens with two attached hydrogens (primary N) is 6.